The first-order valence-electron chi connectivity index (χ1n) is 49.2. The van der Waals surface area contributed by atoms with Gasteiger partial charge in [0.15, 0.2) is 52.4 Å². The maximum Gasteiger partial charge on any atom is 0.165 e. The first-order chi connectivity index (χ1) is 72.8. The number of para-hydroxylation sites is 2. The van der Waals surface area contributed by atoms with Gasteiger partial charge in [0.05, 0.1) is 0 Å². The molecule has 0 spiro atoms. The molecule has 0 unspecified atom stereocenters. The molecule has 6 heterocycles. The van der Waals surface area contributed by atoms with Gasteiger partial charge < -0.3 is 13.3 Å². The van der Waals surface area contributed by atoms with Crippen molar-refractivity contribution in [3.63, 3.8) is 0 Å². The normalized spacial score (nSPS) is 11.5. The number of nitrogens with zero attached hydrogens (tertiary/aromatic N) is 9. The highest BCUT2D eigenvalue weighted by atomic mass is 16.3. The minimum atomic E-state index is 0.593. The van der Waals surface area contributed by atoms with Crippen molar-refractivity contribution in [3.05, 3.63) is 504 Å². The second kappa shape index (κ2) is 36.9. The van der Waals surface area contributed by atoms with Gasteiger partial charge in [0.2, 0.25) is 0 Å². The molecule has 0 aliphatic heterocycles. The van der Waals surface area contributed by atoms with E-state index in [0.29, 0.717) is 52.4 Å². The lowest BCUT2D eigenvalue weighted by Gasteiger charge is -2.16. The van der Waals surface area contributed by atoms with Gasteiger partial charge in [-0.3, -0.25) is 0 Å². The molecule has 0 radical (unpaired) electrons. The predicted molar refractivity (Wildman–Crippen MR) is 602 cm³/mol. The second-order valence-corrected chi connectivity index (χ2v) is 36.9. The van der Waals surface area contributed by atoms with Gasteiger partial charge in [0, 0.05) is 88.0 Å². The molecule has 686 valence electrons. The van der Waals surface area contributed by atoms with Crippen LogP contribution >= 0.6 is 0 Å². The van der Waals surface area contributed by atoms with Gasteiger partial charge in [-0.1, -0.05) is 406 Å². The van der Waals surface area contributed by atoms with Gasteiger partial charge in [-0.2, -0.15) is 0 Å². The van der Waals surface area contributed by atoms with E-state index in [1.165, 1.54) is 60.0 Å². The van der Waals surface area contributed by atoms with Crippen LogP contribution < -0.4 is 0 Å². The van der Waals surface area contributed by atoms with E-state index < -0.39 is 0 Å². The van der Waals surface area contributed by atoms with Crippen molar-refractivity contribution in [3.8, 4) is 158 Å². The highest BCUT2D eigenvalue weighted by Gasteiger charge is 2.28. The van der Waals surface area contributed by atoms with E-state index >= 15 is 0 Å². The Balaban J connectivity index is 0.000000109. The minimum Gasteiger partial charge on any atom is -0.456 e. The van der Waals surface area contributed by atoms with E-state index in [9.17, 15) is 0 Å². The first-order valence-corrected chi connectivity index (χ1v) is 49.2. The Hall–Kier alpha value is -20.0. The lowest BCUT2D eigenvalue weighted by Crippen LogP contribution is -2.01. The third kappa shape index (κ3) is 16.3. The summed E-state index contributed by atoms with van der Waals surface area (Å²) >= 11 is 0. The topological polar surface area (TPSA) is 155 Å². The molecule has 23 aromatic carbocycles. The molecule has 12 nitrogen and oxygen atoms in total. The molecular formula is C135H83N9O3. The molecule has 0 saturated heterocycles. The maximum atomic E-state index is 6.48. The Kier molecular flexibility index (Phi) is 21.6. The first kappa shape index (κ1) is 86.2. The van der Waals surface area contributed by atoms with E-state index in [4.69, 9.17) is 58.1 Å². The lowest BCUT2D eigenvalue weighted by atomic mass is 9.89. The summed E-state index contributed by atoms with van der Waals surface area (Å²) in [6.07, 6.45) is 0. The Bertz CT molecular complexity index is 10200. The third-order valence-electron chi connectivity index (χ3n) is 27.9. The zero-order valence-corrected chi connectivity index (χ0v) is 79.2. The molecule has 29 aromatic rings. The van der Waals surface area contributed by atoms with E-state index in [-0.39, 0.29) is 0 Å². The number of benzene rings is 23. The zero-order valence-electron chi connectivity index (χ0n) is 79.2. The number of hydrogen-bond acceptors (Lipinski definition) is 12. The van der Waals surface area contributed by atoms with Crippen LogP contribution in [0.2, 0.25) is 0 Å². The Morgan fingerprint density at radius 2 is 0.401 bits per heavy atom. The van der Waals surface area contributed by atoms with E-state index in [2.05, 4.69) is 364 Å². The fraction of sp³-hybridized carbons (Fsp3) is 0. The average Bonchev–Trinajstić information content (AvgIpc) is 1.65. The summed E-state index contributed by atoms with van der Waals surface area (Å²) in [6, 6.07) is 174. The highest BCUT2D eigenvalue weighted by Crippen LogP contribution is 2.49. The van der Waals surface area contributed by atoms with Crippen molar-refractivity contribution >= 4 is 130 Å². The van der Waals surface area contributed by atoms with Crippen molar-refractivity contribution < 1.29 is 13.3 Å². The number of rotatable bonds is 14. The lowest BCUT2D eigenvalue weighted by molar-refractivity contribution is 0.668. The fourth-order valence-corrected chi connectivity index (χ4v) is 20.8. The predicted octanol–water partition coefficient (Wildman–Crippen LogP) is 35.6. The monoisotopic (exact) mass is 1880 g/mol. The summed E-state index contributed by atoms with van der Waals surface area (Å²) in [5.74, 6) is 5.57. The average molecular weight is 1880 g/mol. The summed E-state index contributed by atoms with van der Waals surface area (Å²) in [5.41, 5.74) is 24.6. The van der Waals surface area contributed by atoms with E-state index in [0.717, 1.165) is 176 Å². The fourth-order valence-electron chi connectivity index (χ4n) is 20.8. The molecule has 29 rings (SSSR count). The van der Waals surface area contributed by atoms with Crippen molar-refractivity contribution in [2.45, 2.75) is 0 Å². The number of aromatic nitrogens is 9. The standard InChI is InChI=1S/2C47H29N3O.C41H25N3O/c1-3-14-31(15-4-1)35-20-11-22-37-36(35)21-12-23-38(37)39-27-28-42-43(40-19-9-10-24-41(40)51-42)44(39)47-49-45(32-16-5-2-6-17-32)48-46(50-47)34-26-25-30-13-7-8-18-33(30)29-34;1-3-11-30(12-4-1)34-20-21-36-28-37(23-22-35(36)27-34)43-40(25-26-42-44(43)39-17-9-10-18-41(39)51-42)47-49-45(32-14-5-2-6-15-32)48-46(50-47)38-24-19-31-13-7-8-16-33(31)29-38;1-2-11-28(12-3-1)39-42-40(32-20-18-27-10-5-7-14-30(27)24-32)44-41(43-39)33-21-22-36-35(25-33)38-34(15-8-16-37(38)45-36)31-19-17-26-9-4-6-13-29(26)23-31/h2*1-29H;1-25H. The smallest absolute Gasteiger partial charge is 0.165 e. The highest BCUT2D eigenvalue weighted by molar-refractivity contribution is 6.20. The van der Waals surface area contributed by atoms with Crippen LogP contribution in [0.3, 0.4) is 0 Å². The van der Waals surface area contributed by atoms with Crippen LogP contribution in [0.1, 0.15) is 0 Å². The molecule has 0 bridgehead atoms. The quantitative estimate of drug-likeness (QED) is 0.102. The Morgan fingerprint density at radius 3 is 0.891 bits per heavy atom. The molecule has 6 aromatic heterocycles. The number of furan rings is 3. The summed E-state index contributed by atoms with van der Waals surface area (Å²) in [7, 11) is 0. The van der Waals surface area contributed by atoms with Crippen LogP contribution in [0.25, 0.3) is 289 Å². The Morgan fingerprint density at radius 1 is 0.116 bits per heavy atom. The molecule has 0 fully saturated rings. The van der Waals surface area contributed by atoms with Crippen LogP contribution in [0.15, 0.2) is 517 Å². The number of fused-ring (bicyclic) bond motifs is 15. The molecule has 147 heavy (non-hydrogen) atoms. The zero-order chi connectivity index (χ0) is 97.2. The van der Waals surface area contributed by atoms with E-state index in [1.807, 2.05) is 140 Å². The van der Waals surface area contributed by atoms with Gasteiger partial charge in [0.25, 0.3) is 0 Å². The SMILES string of the molecule is c1ccc(-c2ccc3cc(-c4c(-c5nc(-c6ccccc6)nc(-c6ccc7ccccc7c6)n5)ccc5oc6ccccc6c45)ccc3c2)cc1.c1ccc(-c2nc(-c3ccc4ccccc4c3)nc(-c3c(-c4cccc5c(-c6ccccc6)cccc45)ccc4oc5ccccc5c34)n2)cc1.c1ccc(-c2nc(-c3ccc4ccccc4c3)nc(-c3ccc4oc5cccc(-c6ccc7ccccc7c6)c5c4c3)n2)cc1. The van der Waals surface area contributed by atoms with Crippen molar-refractivity contribution in [2.75, 3.05) is 0 Å². The molecule has 0 aliphatic rings. The second-order valence-electron chi connectivity index (χ2n) is 36.9. The van der Waals surface area contributed by atoms with Gasteiger partial charge in [-0.25, -0.2) is 44.9 Å². The third-order valence-corrected chi connectivity index (χ3v) is 27.9. The summed E-state index contributed by atoms with van der Waals surface area (Å²) in [5, 5.41) is 20.2. The molecule has 12 heteroatoms. The minimum absolute atomic E-state index is 0.593. The number of hydrogen-bond donors (Lipinski definition) is 0. The van der Waals surface area contributed by atoms with Crippen molar-refractivity contribution in [1.82, 2.24) is 44.9 Å². The molecule has 0 aliphatic carbocycles. The van der Waals surface area contributed by atoms with Gasteiger partial charge in [-0.15, -0.1) is 0 Å². The molecule has 0 amide bonds. The van der Waals surface area contributed by atoms with Gasteiger partial charge >= 0.3 is 0 Å². The van der Waals surface area contributed by atoms with Crippen LogP contribution in [-0.2, 0) is 0 Å². The van der Waals surface area contributed by atoms with Gasteiger partial charge in [-0.05, 0) is 212 Å². The summed E-state index contributed by atoms with van der Waals surface area (Å²) < 4.78 is 19.3. The molecular weight excluding hydrogens is 1800 g/mol. The van der Waals surface area contributed by atoms with Crippen LogP contribution in [0.4, 0.5) is 0 Å². The molecule has 0 N–H and O–H groups in total. The van der Waals surface area contributed by atoms with Gasteiger partial charge in [0.1, 0.15) is 33.5 Å². The van der Waals surface area contributed by atoms with E-state index in [1.54, 1.807) is 0 Å². The molecule has 0 saturated carbocycles. The van der Waals surface area contributed by atoms with Crippen LogP contribution in [0.5, 0.6) is 0 Å². The molecule has 0 atom stereocenters. The summed E-state index contributed by atoms with van der Waals surface area (Å²) in [4.78, 5) is 46.1. The largest absolute Gasteiger partial charge is 0.456 e. The van der Waals surface area contributed by atoms with Crippen LogP contribution in [-0.4, -0.2) is 44.9 Å². The van der Waals surface area contributed by atoms with Crippen molar-refractivity contribution in [1.29, 1.82) is 0 Å². The Labute approximate surface area is 844 Å². The van der Waals surface area contributed by atoms with Crippen molar-refractivity contribution in [2.24, 2.45) is 0 Å². The maximum absolute atomic E-state index is 6.48. The summed E-state index contributed by atoms with van der Waals surface area (Å²) in [6.45, 7) is 0. The van der Waals surface area contributed by atoms with Crippen LogP contribution in [0, 0.1) is 0 Å².